The summed E-state index contributed by atoms with van der Waals surface area (Å²) < 4.78 is 50.3. The summed E-state index contributed by atoms with van der Waals surface area (Å²) in [5.74, 6) is -1.19. The number of carbonyl (C=O) groups is 2. The average Bonchev–Trinajstić information content (AvgIpc) is 3.21. The van der Waals surface area contributed by atoms with Crippen LogP contribution in [0.15, 0.2) is 50.9 Å². The number of benzene rings is 1. The second-order valence-electron chi connectivity index (χ2n) is 6.82. The molecule has 2 heterocycles. The third-order valence-corrected chi connectivity index (χ3v) is 9.05. The molecule has 1 aliphatic heterocycles. The molecule has 1 unspecified atom stereocenters. The van der Waals surface area contributed by atoms with Gasteiger partial charge in [-0.15, -0.1) is 11.3 Å². The van der Waals surface area contributed by atoms with Crippen molar-refractivity contribution in [3.8, 4) is 0 Å². The molecule has 9 nitrogen and oxygen atoms in total. The Morgan fingerprint density at radius 3 is 2.21 bits per heavy atom. The van der Waals surface area contributed by atoms with E-state index in [0.717, 1.165) is 20.5 Å². The fourth-order valence-corrected chi connectivity index (χ4v) is 6.77. The third-order valence-electron chi connectivity index (χ3n) is 4.79. The van der Waals surface area contributed by atoms with E-state index in [9.17, 15) is 26.4 Å². The van der Waals surface area contributed by atoms with E-state index < -0.39 is 37.9 Å². The largest absolute Gasteiger partial charge is 0.274 e. The second kappa shape index (κ2) is 6.99. The van der Waals surface area contributed by atoms with Gasteiger partial charge in [-0.3, -0.25) is 9.59 Å². The summed E-state index contributed by atoms with van der Waals surface area (Å²) in [5, 5.41) is 6.70. The number of nitrogens with zero attached hydrogens (tertiary/aromatic N) is 2. The Morgan fingerprint density at radius 2 is 1.69 bits per heavy atom. The maximum Gasteiger partial charge on any atom is 0.253 e. The molecule has 0 radical (unpaired) electrons. The van der Waals surface area contributed by atoms with Crippen molar-refractivity contribution in [2.24, 2.45) is 5.14 Å². The highest BCUT2D eigenvalue weighted by Gasteiger charge is 2.52. The van der Waals surface area contributed by atoms with Crippen LogP contribution in [0.5, 0.6) is 0 Å². The fourth-order valence-electron chi connectivity index (χ4n) is 3.33. The summed E-state index contributed by atoms with van der Waals surface area (Å²) in [6, 6.07) is 6.64. The van der Waals surface area contributed by atoms with Gasteiger partial charge in [0.15, 0.2) is 0 Å². The molecule has 1 aromatic heterocycles. The van der Waals surface area contributed by atoms with Crippen LogP contribution in [-0.4, -0.2) is 45.0 Å². The van der Waals surface area contributed by atoms with Crippen LogP contribution < -0.4 is 10.0 Å². The summed E-state index contributed by atoms with van der Waals surface area (Å²) >= 11 is 1.06. The van der Waals surface area contributed by atoms with E-state index in [1.807, 2.05) is 0 Å². The Morgan fingerprint density at radius 1 is 1.03 bits per heavy atom. The van der Waals surface area contributed by atoms with Crippen molar-refractivity contribution in [2.45, 2.75) is 40.5 Å². The summed E-state index contributed by atoms with van der Waals surface area (Å²) in [4.78, 5) is 26.4. The van der Waals surface area contributed by atoms with Crippen LogP contribution in [0.4, 0.5) is 5.69 Å². The minimum atomic E-state index is -3.92. The molecule has 1 saturated heterocycles. The van der Waals surface area contributed by atoms with Crippen LogP contribution in [0.25, 0.3) is 0 Å². The van der Waals surface area contributed by atoms with Gasteiger partial charge in [-0.1, -0.05) is 6.07 Å². The zero-order chi connectivity index (χ0) is 21.0. The average molecular weight is 456 g/mol. The molecule has 1 atom stereocenters. The highest BCUT2D eigenvalue weighted by Crippen LogP contribution is 2.39. The molecule has 2 aliphatic rings. The van der Waals surface area contributed by atoms with Gasteiger partial charge in [0, 0.05) is 6.04 Å². The number of anilines is 1. The molecule has 2 amide bonds. The number of hydrogen-bond acceptors (Lipinski definition) is 7. The lowest BCUT2D eigenvalue weighted by Crippen LogP contribution is -2.46. The molecule has 2 N–H and O–H groups in total. The van der Waals surface area contributed by atoms with E-state index in [-0.39, 0.29) is 27.3 Å². The minimum absolute atomic E-state index is 0.126. The summed E-state index contributed by atoms with van der Waals surface area (Å²) in [7, 11) is -7.83. The molecule has 1 aromatic carbocycles. The van der Waals surface area contributed by atoms with E-state index in [1.165, 1.54) is 30.3 Å². The number of primary sulfonamides is 1. The van der Waals surface area contributed by atoms with Crippen LogP contribution in [0.2, 0.25) is 0 Å². The Kier molecular flexibility index (Phi) is 4.86. The smallest absolute Gasteiger partial charge is 0.253 e. The topological polar surface area (TPSA) is 135 Å². The van der Waals surface area contributed by atoms with Crippen molar-refractivity contribution >= 4 is 48.9 Å². The standard InChI is InChI=1S/C17H17N3O6S3/c18-28(23,24)13-7-5-11(6-8-13)19-15(21)10-14(17(19)22)20(12-3-4-12)29(25,26)16-2-1-9-27-16/h1-2,5-9,12,14H,3-4,10H2,(H2,18,23,24). The van der Waals surface area contributed by atoms with Crippen molar-refractivity contribution in [2.75, 3.05) is 4.90 Å². The lowest BCUT2D eigenvalue weighted by Gasteiger charge is -2.26. The van der Waals surface area contributed by atoms with Crippen molar-refractivity contribution in [3.63, 3.8) is 0 Å². The molecule has 2 aromatic rings. The number of thiophene rings is 1. The highest BCUT2D eigenvalue weighted by molar-refractivity contribution is 7.91. The van der Waals surface area contributed by atoms with Gasteiger partial charge < -0.3 is 0 Å². The van der Waals surface area contributed by atoms with Gasteiger partial charge >= 0.3 is 0 Å². The number of sulfonamides is 2. The number of imide groups is 1. The molecule has 29 heavy (non-hydrogen) atoms. The van der Waals surface area contributed by atoms with Gasteiger partial charge in [-0.25, -0.2) is 26.9 Å². The number of amides is 2. The first kappa shape index (κ1) is 20.2. The normalized spacial score (nSPS) is 20.6. The van der Waals surface area contributed by atoms with Crippen molar-refractivity contribution in [3.05, 3.63) is 41.8 Å². The van der Waals surface area contributed by atoms with Gasteiger partial charge in [-0.2, -0.15) is 4.31 Å². The Labute approximate surface area is 171 Å². The molecular weight excluding hydrogens is 438 g/mol. The van der Waals surface area contributed by atoms with Crippen molar-refractivity contribution < 1.29 is 26.4 Å². The zero-order valence-electron chi connectivity index (χ0n) is 15.0. The van der Waals surface area contributed by atoms with Crippen molar-refractivity contribution in [1.82, 2.24) is 4.31 Å². The maximum atomic E-state index is 13.1. The molecular formula is C17H17N3O6S3. The maximum absolute atomic E-state index is 13.1. The molecule has 0 spiro atoms. The molecule has 0 bridgehead atoms. The SMILES string of the molecule is NS(=O)(=O)c1ccc(N2C(=O)CC(N(C3CC3)S(=O)(=O)c3cccs3)C2=O)cc1. The molecule has 1 aliphatic carbocycles. The van der Waals surface area contributed by atoms with E-state index in [0.29, 0.717) is 12.8 Å². The van der Waals surface area contributed by atoms with Crippen LogP contribution in [0.3, 0.4) is 0 Å². The first-order valence-corrected chi connectivity index (χ1v) is 12.5. The third kappa shape index (κ3) is 3.62. The number of nitrogens with two attached hydrogens (primary N) is 1. The zero-order valence-corrected chi connectivity index (χ0v) is 17.4. The predicted molar refractivity (Wildman–Crippen MR) is 105 cm³/mol. The lowest BCUT2D eigenvalue weighted by atomic mass is 10.2. The molecule has 4 rings (SSSR count). The van der Waals surface area contributed by atoms with Gasteiger partial charge in [0.2, 0.25) is 15.9 Å². The number of rotatable bonds is 6. The second-order valence-corrected chi connectivity index (χ2v) is 11.4. The number of hydrogen-bond donors (Lipinski definition) is 1. The first-order valence-electron chi connectivity index (χ1n) is 8.67. The highest BCUT2D eigenvalue weighted by atomic mass is 32.2. The molecule has 2 fully saturated rings. The molecule has 154 valence electrons. The number of carbonyl (C=O) groups excluding carboxylic acids is 2. The fraction of sp³-hybridized carbons (Fsp3) is 0.294. The summed E-state index contributed by atoms with van der Waals surface area (Å²) in [6.45, 7) is 0. The first-order chi connectivity index (χ1) is 13.6. The molecule has 12 heteroatoms. The quantitative estimate of drug-likeness (QED) is 0.643. The van der Waals surface area contributed by atoms with Gasteiger partial charge in [0.05, 0.1) is 17.0 Å². The minimum Gasteiger partial charge on any atom is -0.274 e. The van der Waals surface area contributed by atoms with Gasteiger partial charge in [-0.05, 0) is 48.6 Å². The van der Waals surface area contributed by atoms with Crippen LogP contribution in [-0.2, 0) is 29.6 Å². The monoisotopic (exact) mass is 455 g/mol. The van der Waals surface area contributed by atoms with Crippen molar-refractivity contribution in [1.29, 1.82) is 0 Å². The molecule has 1 saturated carbocycles. The van der Waals surface area contributed by atoms with Crippen LogP contribution >= 0.6 is 11.3 Å². The predicted octanol–water partition coefficient (Wildman–Crippen LogP) is 0.881. The van der Waals surface area contributed by atoms with E-state index in [1.54, 1.807) is 11.4 Å². The van der Waals surface area contributed by atoms with E-state index in [4.69, 9.17) is 5.14 Å². The van der Waals surface area contributed by atoms with E-state index in [2.05, 4.69) is 0 Å². The van der Waals surface area contributed by atoms with Gasteiger partial charge in [0.25, 0.3) is 15.9 Å². The Bertz CT molecular complexity index is 1170. The van der Waals surface area contributed by atoms with E-state index >= 15 is 0 Å². The van der Waals surface area contributed by atoms with Gasteiger partial charge in [0.1, 0.15) is 10.3 Å². The summed E-state index contributed by atoms with van der Waals surface area (Å²) in [6.07, 6.45) is 0.994. The summed E-state index contributed by atoms with van der Waals surface area (Å²) in [5.41, 5.74) is 0.166. The Hall–Kier alpha value is -2.12. The van der Waals surface area contributed by atoms with Crippen LogP contribution in [0.1, 0.15) is 19.3 Å². The lowest BCUT2D eigenvalue weighted by molar-refractivity contribution is -0.122. The van der Waals surface area contributed by atoms with Crippen LogP contribution in [0, 0.1) is 0 Å². The Balaban J connectivity index is 1.67.